The van der Waals surface area contributed by atoms with E-state index in [4.69, 9.17) is 17.3 Å². The summed E-state index contributed by atoms with van der Waals surface area (Å²) in [4.78, 5) is 0. The Bertz CT molecular complexity index is 39.1. The summed E-state index contributed by atoms with van der Waals surface area (Å²) in [6, 6.07) is 0. The van der Waals surface area contributed by atoms with Crippen LogP contribution in [0.15, 0.2) is 0 Å². The fourth-order valence-electron chi connectivity index (χ4n) is 0.361. The monoisotopic (exact) mass is 120 g/mol. The summed E-state index contributed by atoms with van der Waals surface area (Å²) in [6.45, 7) is 2.50. The van der Waals surface area contributed by atoms with Gasteiger partial charge in [-0.3, -0.25) is 5.73 Å². The Morgan fingerprint density at radius 1 is 1.71 bits per heavy atom. The maximum atomic E-state index is 6.75. The second-order valence-corrected chi connectivity index (χ2v) is 2.16. The highest BCUT2D eigenvalue weighted by molar-refractivity contribution is 6.20. The van der Waals surface area contributed by atoms with Crippen LogP contribution in [0.2, 0.25) is 0 Å². The van der Waals surface area contributed by atoms with E-state index in [1.165, 1.54) is 0 Å². The fourth-order valence-corrected chi connectivity index (χ4v) is 0.470. The average Bonchev–Trinajstić information content (AvgIpc) is 1.68. The quantitative estimate of drug-likeness (QED) is 0.506. The van der Waals surface area contributed by atoms with Crippen LogP contribution < -0.4 is 5.73 Å². The molecule has 0 aromatic carbocycles. The predicted octanol–water partition coefficient (Wildman–Crippen LogP) is 1.68. The topological polar surface area (TPSA) is 23.8 Å². The minimum atomic E-state index is 0.234. The molecule has 43 valence electrons. The second-order valence-electron chi connectivity index (χ2n) is 1.54. The van der Waals surface area contributed by atoms with Crippen LogP contribution in [0.3, 0.4) is 0 Å². The van der Waals surface area contributed by atoms with Gasteiger partial charge in [0.05, 0.1) is 0 Å². The van der Waals surface area contributed by atoms with E-state index in [2.05, 4.69) is 0 Å². The summed E-state index contributed by atoms with van der Waals surface area (Å²) in [5, 5.41) is 0.234. The van der Waals surface area contributed by atoms with Crippen molar-refractivity contribution in [2.75, 3.05) is 6.54 Å². The Labute approximate surface area is 49.8 Å². The van der Waals surface area contributed by atoms with Crippen LogP contribution in [0.4, 0.5) is 0 Å². The van der Waals surface area contributed by atoms with E-state index in [0.717, 1.165) is 12.8 Å². The summed E-state index contributed by atoms with van der Waals surface area (Å²) in [6.07, 6.45) is 1.82. The van der Waals surface area contributed by atoms with Gasteiger partial charge in [-0.1, -0.05) is 6.92 Å². The normalized spacial score (nSPS) is 14.1. The van der Waals surface area contributed by atoms with Gasteiger partial charge in [0.2, 0.25) is 0 Å². The van der Waals surface area contributed by atoms with E-state index in [1.807, 2.05) is 6.92 Å². The Balaban J connectivity index is 2.83. The summed E-state index contributed by atoms with van der Waals surface area (Å²) in [7, 11) is 0. The van der Waals surface area contributed by atoms with Crippen LogP contribution in [0.1, 0.15) is 19.8 Å². The van der Waals surface area contributed by atoms with Gasteiger partial charge < -0.3 is 0 Å². The Morgan fingerprint density at radius 2 is 2.29 bits per heavy atom. The number of alkyl halides is 1. The molecule has 0 heterocycles. The molecule has 1 unspecified atom stereocenters. The number of hydrogen-bond acceptors (Lipinski definition) is 0. The Morgan fingerprint density at radius 3 is 2.43 bits per heavy atom. The lowest BCUT2D eigenvalue weighted by Gasteiger charge is -1.99. The number of hydrogen-bond donors (Lipinski definition) is 0. The third-order valence-electron chi connectivity index (χ3n) is 0.901. The zero-order valence-electron chi connectivity index (χ0n) is 4.58. The molecule has 2 heteroatoms. The molecule has 0 spiro atoms. The molecule has 7 heavy (non-hydrogen) atoms. The largest absolute Gasteiger partial charge is 0.258 e. The van der Waals surface area contributed by atoms with Crippen molar-refractivity contribution >= 4 is 11.6 Å². The highest BCUT2D eigenvalue weighted by Gasteiger charge is 1.96. The first-order chi connectivity index (χ1) is 3.31. The minimum absolute atomic E-state index is 0.234. The van der Waals surface area contributed by atoms with Gasteiger partial charge in [-0.25, -0.2) is 0 Å². The van der Waals surface area contributed by atoms with E-state index >= 15 is 0 Å². The molecule has 0 saturated heterocycles. The molecule has 0 aliphatic heterocycles. The van der Waals surface area contributed by atoms with Gasteiger partial charge in [0, 0.05) is 11.9 Å². The minimum Gasteiger partial charge on any atom is -0.258 e. The van der Waals surface area contributed by atoms with E-state index < -0.39 is 0 Å². The number of nitrogens with one attached hydrogen (secondary N) is 1. The lowest BCUT2D eigenvalue weighted by molar-refractivity contribution is 0.728. The van der Waals surface area contributed by atoms with Crippen molar-refractivity contribution < 1.29 is 0 Å². The van der Waals surface area contributed by atoms with Crippen LogP contribution in [0, 0.1) is 0 Å². The third kappa shape index (κ3) is 4.10. The van der Waals surface area contributed by atoms with Crippen molar-refractivity contribution in [3.63, 3.8) is 0 Å². The van der Waals surface area contributed by atoms with Gasteiger partial charge in [0.15, 0.2) is 0 Å². The molecule has 1 nitrogen and oxygen atoms in total. The van der Waals surface area contributed by atoms with E-state index in [1.54, 1.807) is 0 Å². The van der Waals surface area contributed by atoms with Crippen LogP contribution in [0.5, 0.6) is 0 Å². The van der Waals surface area contributed by atoms with E-state index in [-0.39, 0.29) is 5.38 Å². The predicted molar refractivity (Wildman–Crippen MR) is 32.5 cm³/mol. The van der Waals surface area contributed by atoms with Gasteiger partial charge in [-0.2, -0.15) is 0 Å². The fraction of sp³-hybridized carbons (Fsp3) is 1.00. The zero-order valence-corrected chi connectivity index (χ0v) is 5.33. The molecule has 0 aromatic heterocycles. The van der Waals surface area contributed by atoms with Crippen molar-refractivity contribution in [2.24, 2.45) is 0 Å². The summed E-state index contributed by atoms with van der Waals surface area (Å²) >= 11 is 5.65. The molecule has 0 aliphatic rings. The molecule has 0 saturated carbocycles. The zero-order chi connectivity index (χ0) is 5.70. The summed E-state index contributed by atoms with van der Waals surface area (Å²) < 4.78 is 0. The Hall–Kier alpha value is 0.250. The van der Waals surface area contributed by atoms with Gasteiger partial charge >= 0.3 is 0 Å². The molecule has 1 N–H and O–H groups in total. The standard InChI is InChI=1S/C5H11ClN/c1-2-5(6)3-4-7/h5,7H,2-4H2,1H3. The Kier molecular flexibility index (Phi) is 4.57. The first-order valence-corrected chi connectivity index (χ1v) is 3.03. The average molecular weight is 121 g/mol. The summed E-state index contributed by atoms with van der Waals surface area (Å²) in [5.74, 6) is 0. The first kappa shape index (κ1) is 7.25. The van der Waals surface area contributed by atoms with Crippen molar-refractivity contribution in [1.29, 1.82) is 0 Å². The second kappa shape index (κ2) is 4.41. The molecule has 0 fully saturated rings. The first-order valence-electron chi connectivity index (χ1n) is 2.60. The van der Waals surface area contributed by atoms with E-state index in [9.17, 15) is 0 Å². The van der Waals surface area contributed by atoms with Gasteiger partial charge in [0.1, 0.15) is 0 Å². The molecule has 0 bridgehead atoms. The lowest BCUT2D eigenvalue weighted by atomic mass is 10.2. The van der Waals surface area contributed by atoms with Gasteiger partial charge in [-0.05, 0) is 12.8 Å². The highest BCUT2D eigenvalue weighted by atomic mass is 35.5. The smallest absolute Gasteiger partial charge is 0.0346 e. The van der Waals surface area contributed by atoms with Gasteiger partial charge in [0.25, 0.3) is 0 Å². The molecule has 0 aliphatic carbocycles. The van der Waals surface area contributed by atoms with Crippen molar-refractivity contribution in [3.8, 4) is 0 Å². The molecular weight excluding hydrogens is 110 g/mol. The van der Waals surface area contributed by atoms with E-state index in [0.29, 0.717) is 6.54 Å². The summed E-state index contributed by atoms with van der Waals surface area (Å²) in [5.41, 5.74) is 6.75. The van der Waals surface area contributed by atoms with Crippen molar-refractivity contribution in [1.82, 2.24) is 5.73 Å². The number of rotatable bonds is 3. The third-order valence-corrected chi connectivity index (χ3v) is 1.43. The van der Waals surface area contributed by atoms with Crippen LogP contribution in [-0.4, -0.2) is 11.9 Å². The van der Waals surface area contributed by atoms with Gasteiger partial charge in [-0.15, -0.1) is 11.6 Å². The maximum Gasteiger partial charge on any atom is 0.0346 e. The maximum absolute atomic E-state index is 6.75. The SMILES string of the molecule is CCC(Cl)CC[NH]. The molecule has 0 amide bonds. The van der Waals surface area contributed by atoms with Crippen molar-refractivity contribution in [3.05, 3.63) is 0 Å². The van der Waals surface area contributed by atoms with Crippen LogP contribution in [0.25, 0.3) is 0 Å². The molecule has 0 rings (SSSR count). The molecular formula is C5H11ClN. The lowest BCUT2D eigenvalue weighted by Crippen LogP contribution is -1.99. The molecule has 1 atom stereocenters. The van der Waals surface area contributed by atoms with Crippen molar-refractivity contribution in [2.45, 2.75) is 25.1 Å². The van der Waals surface area contributed by atoms with Crippen LogP contribution >= 0.6 is 11.6 Å². The van der Waals surface area contributed by atoms with Crippen LogP contribution in [-0.2, 0) is 0 Å². The highest BCUT2D eigenvalue weighted by Crippen LogP contribution is 2.03. The molecule has 1 radical (unpaired) electrons. The molecule has 0 aromatic rings. The number of halogens is 1.